The molecule has 2 heterocycles. The molecular weight excluding hydrogens is 632 g/mol. The van der Waals surface area contributed by atoms with Crippen molar-refractivity contribution in [1.82, 2.24) is 19.6 Å². The number of hydrogen-bond donors (Lipinski definition) is 1. The molecule has 0 spiro atoms. The summed E-state index contributed by atoms with van der Waals surface area (Å²) in [5.41, 5.74) is 3.94. The number of alkyl halides is 1. The average Bonchev–Trinajstić information content (AvgIpc) is 3.36. The van der Waals surface area contributed by atoms with E-state index in [4.69, 9.17) is 14.6 Å². The summed E-state index contributed by atoms with van der Waals surface area (Å²) in [4.78, 5) is 0. The predicted molar refractivity (Wildman–Crippen MR) is 145 cm³/mol. The van der Waals surface area contributed by atoms with E-state index in [1.165, 1.54) is 0 Å². The fourth-order valence-electron chi connectivity index (χ4n) is 3.05. The number of rotatable bonds is 8. The largest absolute Gasteiger partial charge is 0.493 e. The van der Waals surface area contributed by atoms with E-state index in [-0.39, 0.29) is 6.61 Å². The van der Waals surface area contributed by atoms with Crippen LogP contribution in [-0.2, 0) is 14.1 Å². The summed E-state index contributed by atoms with van der Waals surface area (Å²) in [6.07, 6.45) is 3.84. The molecule has 0 radical (unpaired) electrons. The molecular formula is C24H25Br3N4O3. The highest BCUT2D eigenvalue weighted by Gasteiger charge is 2.08. The van der Waals surface area contributed by atoms with Crippen LogP contribution in [0.3, 0.4) is 0 Å². The monoisotopic (exact) mass is 654 g/mol. The van der Waals surface area contributed by atoms with Crippen LogP contribution >= 0.6 is 47.8 Å². The van der Waals surface area contributed by atoms with Gasteiger partial charge < -0.3 is 14.6 Å². The second-order valence-electron chi connectivity index (χ2n) is 7.16. The molecule has 7 nitrogen and oxygen atoms in total. The van der Waals surface area contributed by atoms with Crippen molar-refractivity contribution in [3.05, 3.63) is 69.9 Å². The van der Waals surface area contributed by atoms with Crippen LogP contribution in [0.5, 0.6) is 11.5 Å². The molecule has 0 atom stereocenters. The van der Waals surface area contributed by atoms with Gasteiger partial charge in [0.25, 0.3) is 0 Å². The Balaban J connectivity index is 0.000000191. The summed E-state index contributed by atoms with van der Waals surface area (Å²) in [5, 5.41) is 18.2. The van der Waals surface area contributed by atoms with Crippen LogP contribution in [0.4, 0.5) is 0 Å². The Morgan fingerprint density at radius 2 is 1.15 bits per heavy atom. The van der Waals surface area contributed by atoms with Gasteiger partial charge in [0.05, 0.1) is 22.2 Å². The van der Waals surface area contributed by atoms with Gasteiger partial charge in [-0.15, -0.1) is 0 Å². The molecule has 10 heteroatoms. The van der Waals surface area contributed by atoms with Crippen LogP contribution in [-0.4, -0.2) is 49.8 Å². The normalized spacial score (nSPS) is 10.5. The highest BCUT2D eigenvalue weighted by molar-refractivity contribution is 9.11. The third-order valence-corrected chi connectivity index (χ3v) is 6.01. The van der Waals surface area contributed by atoms with Crippen molar-refractivity contribution in [2.45, 2.75) is 0 Å². The van der Waals surface area contributed by atoms with Gasteiger partial charge in [0.1, 0.15) is 29.5 Å². The number of hydrogen-bond acceptors (Lipinski definition) is 5. The third-order valence-electron chi connectivity index (χ3n) is 4.53. The minimum atomic E-state index is 0.0214. The molecule has 0 aliphatic rings. The standard InChI is InChI=1S/C12H12Br2N2O.C12H13BrN2O2/c1-16-8-11(14)12(15-16)9-2-4-10(5-3-9)17-7-6-13;1-15-8-11(13)12(14-15)9-2-4-10(5-3-9)17-7-6-16/h2-5,8H,6-7H2,1H3;2-5,8,16H,6-7H2,1H3. The molecule has 0 bridgehead atoms. The molecule has 0 saturated carbocycles. The first-order valence-electron chi connectivity index (χ1n) is 10.4. The van der Waals surface area contributed by atoms with Crippen molar-refractivity contribution in [3.8, 4) is 34.0 Å². The zero-order valence-electron chi connectivity index (χ0n) is 18.8. The maximum Gasteiger partial charge on any atom is 0.119 e. The molecule has 2 aromatic heterocycles. The molecule has 34 heavy (non-hydrogen) atoms. The van der Waals surface area contributed by atoms with E-state index in [2.05, 4.69) is 58.0 Å². The van der Waals surface area contributed by atoms with Gasteiger partial charge in [-0.05, 0) is 80.4 Å². The van der Waals surface area contributed by atoms with Crippen molar-refractivity contribution in [2.24, 2.45) is 14.1 Å². The van der Waals surface area contributed by atoms with Crippen molar-refractivity contribution in [2.75, 3.05) is 25.2 Å². The van der Waals surface area contributed by atoms with Gasteiger partial charge in [0, 0.05) is 42.9 Å². The Labute approximate surface area is 224 Å². The molecule has 0 amide bonds. The number of benzene rings is 2. The van der Waals surface area contributed by atoms with E-state index in [9.17, 15) is 0 Å². The first-order valence-corrected chi connectivity index (χ1v) is 13.1. The summed E-state index contributed by atoms with van der Waals surface area (Å²) in [6, 6.07) is 15.6. The van der Waals surface area contributed by atoms with Crippen LogP contribution in [0.15, 0.2) is 69.9 Å². The van der Waals surface area contributed by atoms with E-state index >= 15 is 0 Å². The molecule has 0 aliphatic heterocycles. The van der Waals surface area contributed by atoms with Crippen LogP contribution in [0.25, 0.3) is 22.5 Å². The summed E-state index contributed by atoms with van der Waals surface area (Å²) in [7, 11) is 3.79. The van der Waals surface area contributed by atoms with E-state index in [1.807, 2.05) is 75.0 Å². The summed E-state index contributed by atoms with van der Waals surface area (Å²) < 4.78 is 16.3. The Morgan fingerprint density at radius 1 is 0.735 bits per heavy atom. The smallest absolute Gasteiger partial charge is 0.119 e. The Hall–Kier alpha value is -2.14. The Bertz CT molecular complexity index is 1080. The molecule has 2 aromatic carbocycles. The van der Waals surface area contributed by atoms with Gasteiger partial charge in [-0.3, -0.25) is 9.36 Å². The fraction of sp³-hybridized carbons (Fsp3) is 0.250. The van der Waals surface area contributed by atoms with Crippen LogP contribution < -0.4 is 9.47 Å². The lowest BCUT2D eigenvalue weighted by atomic mass is 10.1. The summed E-state index contributed by atoms with van der Waals surface area (Å²) in [6.45, 7) is 1.01. The van der Waals surface area contributed by atoms with Gasteiger partial charge in [0.2, 0.25) is 0 Å². The molecule has 1 N–H and O–H groups in total. The molecule has 0 fully saturated rings. The molecule has 4 rings (SSSR count). The third kappa shape index (κ3) is 7.43. The molecule has 4 aromatic rings. The van der Waals surface area contributed by atoms with Crippen molar-refractivity contribution < 1.29 is 14.6 Å². The maximum absolute atomic E-state index is 8.66. The molecule has 0 unspecified atom stereocenters. The maximum atomic E-state index is 8.66. The highest BCUT2D eigenvalue weighted by Crippen LogP contribution is 2.28. The summed E-state index contributed by atoms with van der Waals surface area (Å²) in [5.74, 6) is 1.62. The van der Waals surface area contributed by atoms with Gasteiger partial charge in [-0.25, -0.2) is 0 Å². The van der Waals surface area contributed by atoms with Crippen LogP contribution in [0.1, 0.15) is 0 Å². The summed E-state index contributed by atoms with van der Waals surface area (Å²) >= 11 is 10.3. The number of aryl methyl sites for hydroxylation is 2. The van der Waals surface area contributed by atoms with Crippen molar-refractivity contribution in [1.29, 1.82) is 0 Å². The molecule has 180 valence electrons. The van der Waals surface area contributed by atoms with Gasteiger partial charge >= 0.3 is 0 Å². The fourth-order valence-corrected chi connectivity index (χ4v) is 4.42. The zero-order chi connectivity index (χ0) is 24.5. The number of ether oxygens (including phenoxy) is 2. The van der Waals surface area contributed by atoms with Crippen LogP contribution in [0, 0.1) is 0 Å². The van der Waals surface area contributed by atoms with E-state index in [0.29, 0.717) is 13.2 Å². The Kier molecular flexibility index (Phi) is 10.2. The minimum absolute atomic E-state index is 0.0214. The number of aliphatic hydroxyl groups is 1. The number of aromatic nitrogens is 4. The van der Waals surface area contributed by atoms with E-state index in [1.54, 1.807) is 9.36 Å². The molecule has 0 aliphatic carbocycles. The predicted octanol–water partition coefficient (Wildman–Crippen LogP) is 5.84. The number of nitrogens with zero attached hydrogens (tertiary/aromatic N) is 4. The number of halogens is 3. The lowest BCUT2D eigenvalue weighted by Crippen LogP contribution is -2.01. The number of aliphatic hydroxyl groups excluding tert-OH is 1. The lowest BCUT2D eigenvalue weighted by molar-refractivity contribution is 0.201. The zero-order valence-corrected chi connectivity index (χ0v) is 23.5. The Morgan fingerprint density at radius 3 is 1.47 bits per heavy atom. The quantitative estimate of drug-likeness (QED) is 0.241. The second kappa shape index (κ2) is 13.1. The van der Waals surface area contributed by atoms with Crippen molar-refractivity contribution in [3.63, 3.8) is 0 Å². The van der Waals surface area contributed by atoms with Gasteiger partial charge in [-0.1, -0.05) is 15.9 Å². The SMILES string of the molecule is Cn1cc(Br)c(-c2ccc(OCCBr)cc2)n1.Cn1cc(Br)c(-c2ccc(OCCO)cc2)n1. The first-order chi connectivity index (χ1) is 16.4. The minimum Gasteiger partial charge on any atom is -0.493 e. The van der Waals surface area contributed by atoms with Gasteiger partial charge in [-0.2, -0.15) is 10.2 Å². The van der Waals surface area contributed by atoms with E-state index < -0.39 is 0 Å². The topological polar surface area (TPSA) is 74.3 Å². The van der Waals surface area contributed by atoms with Crippen LogP contribution in [0.2, 0.25) is 0 Å². The van der Waals surface area contributed by atoms with E-state index in [0.717, 1.165) is 48.3 Å². The molecule has 0 saturated heterocycles. The second-order valence-corrected chi connectivity index (χ2v) is 9.66. The first kappa shape index (κ1) is 26.5. The van der Waals surface area contributed by atoms with Crippen molar-refractivity contribution >= 4 is 47.8 Å². The highest BCUT2D eigenvalue weighted by atomic mass is 79.9. The average molecular weight is 657 g/mol. The lowest BCUT2D eigenvalue weighted by Gasteiger charge is -2.04. The van der Waals surface area contributed by atoms with Gasteiger partial charge in [0.15, 0.2) is 0 Å².